The van der Waals surface area contributed by atoms with Gasteiger partial charge >= 0.3 is 0 Å². The second kappa shape index (κ2) is 3.78. The first-order valence-corrected chi connectivity index (χ1v) is 5.65. The first-order chi connectivity index (χ1) is 5.89. The Labute approximate surface area is 75.7 Å². The summed E-state index contributed by atoms with van der Waals surface area (Å²) in [4.78, 5) is 0. The van der Waals surface area contributed by atoms with Gasteiger partial charge in [-0.05, 0) is 24.7 Å². The molecule has 0 aromatic heterocycles. The molecule has 2 rings (SSSR count). The van der Waals surface area contributed by atoms with Gasteiger partial charge in [0, 0.05) is 6.04 Å². The molecule has 0 aromatic rings. The monoisotopic (exact) mass is 167 g/mol. The van der Waals surface area contributed by atoms with Gasteiger partial charge in [0.2, 0.25) is 0 Å². The highest BCUT2D eigenvalue weighted by molar-refractivity contribution is 5.00. The van der Waals surface area contributed by atoms with E-state index in [-0.39, 0.29) is 0 Å². The van der Waals surface area contributed by atoms with E-state index in [0.29, 0.717) is 6.04 Å². The molecule has 70 valence electrons. The average molecular weight is 167 g/mol. The zero-order valence-electron chi connectivity index (χ0n) is 7.97. The van der Waals surface area contributed by atoms with Crippen LogP contribution in [0.2, 0.25) is 0 Å². The molecule has 0 aliphatic heterocycles. The van der Waals surface area contributed by atoms with Crippen molar-refractivity contribution >= 4 is 0 Å². The van der Waals surface area contributed by atoms with Crippen molar-refractivity contribution < 1.29 is 0 Å². The minimum atomic E-state index is 0.586. The van der Waals surface area contributed by atoms with Crippen LogP contribution in [0.15, 0.2) is 0 Å². The van der Waals surface area contributed by atoms with Gasteiger partial charge in [0.25, 0.3) is 0 Å². The van der Waals surface area contributed by atoms with Gasteiger partial charge in [0.05, 0.1) is 0 Å². The number of rotatable bonds is 0. The minimum absolute atomic E-state index is 0.586. The Kier molecular flexibility index (Phi) is 2.69. The average Bonchev–Trinajstić information content (AvgIpc) is 2.71. The van der Waals surface area contributed by atoms with Crippen LogP contribution in [0, 0.1) is 11.8 Å². The molecule has 0 spiro atoms. The van der Waals surface area contributed by atoms with E-state index in [9.17, 15) is 0 Å². The first kappa shape index (κ1) is 8.55. The van der Waals surface area contributed by atoms with Gasteiger partial charge in [0.1, 0.15) is 0 Å². The summed E-state index contributed by atoms with van der Waals surface area (Å²) in [6, 6.07) is 0.586. The third kappa shape index (κ3) is 1.82. The molecule has 2 aliphatic rings. The standard InChI is InChI=1S/C11H21N/c12-11-9-7-5-3-1-2-4-6-8-10(9)11/h9-11H,1-8,12H2. The molecule has 0 bridgehead atoms. The lowest BCUT2D eigenvalue weighted by Crippen LogP contribution is -2.03. The van der Waals surface area contributed by atoms with Crippen LogP contribution in [0.1, 0.15) is 51.4 Å². The summed E-state index contributed by atoms with van der Waals surface area (Å²) in [5.41, 5.74) is 6.01. The number of hydrogen-bond acceptors (Lipinski definition) is 1. The van der Waals surface area contributed by atoms with Gasteiger partial charge in [-0.2, -0.15) is 0 Å². The predicted octanol–water partition coefficient (Wildman–Crippen LogP) is 2.69. The van der Waals surface area contributed by atoms with Gasteiger partial charge in [-0.3, -0.25) is 0 Å². The molecule has 0 radical (unpaired) electrons. The molecule has 1 heteroatoms. The molecule has 1 nitrogen and oxygen atoms in total. The SMILES string of the molecule is NC1C2CCCCCCCCC12. The zero-order valence-corrected chi connectivity index (χ0v) is 7.97. The fourth-order valence-corrected chi connectivity index (χ4v) is 2.75. The molecule has 0 saturated heterocycles. The van der Waals surface area contributed by atoms with Crippen molar-refractivity contribution in [2.45, 2.75) is 57.4 Å². The Balaban J connectivity index is 1.78. The largest absolute Gasteiger partial charge is 0.327 e. The lowest BCUT2D eigenvalue weighted by molar-refractivity contribution is 0.489. The van der Waals surface area contributed by atoms with E-state index in [2.05, 4.69) is 0 Å². The van der Waals surface area contributed by atoms with Crippen molar-refractivity contribution in [2.75, 3.05) is 0 Å². The van der Waals surface area contributed by atoms with E-state index in [4.69, 9.17) is 5.73 Å². The molecular weight excluding hydrogens is 146 g/mol. The van der Waals surface area contributed by atoms with Gasteiger partial charge in [-0.25, -0.2) is 0 Å². The Morgan fingerprint density at radius 2 is 1.08 bits per heavy atom. The highest BCUT2D eigenvalue weighted by atomic mass is 14.8. The smallest absolute Gasteiger partial charge is 0.0102 e. The summed E-state index contributed by atoms with van der Waals surface area (Å²) >= 11 is 0. The summed E-state index contributed by atoms with van der Waals surface area (Å²) in [6.07, 6.45) is 11.6. The maximum absolute atomic E-state index is 6.01. The third-order valence-electron chi connectivity index (χ3n) is 3.72. The van der Waals surface area contributed by atoms with E-state index in [1.165, 1.54) is 51.4 Å². The third-order valence-corrected chi connectivity index (χ3v) is 3.72. The second-order valence-corrected chi connectivity index (χ2v) is 4.60. The molecule has 2 fully saturated rings. The van der Waals surface area contributed by atoms with Gasteiger partial charge in [-0.1, -0.05) is 38.5 Å². The molecule has 2 saturated carbocycles. The van der Waals surface area contributed by atoms with Crippen LogP contribution < -0.4 is 5.73 Å². The molecule has 2 N–H and O–H groups in total. The molecule has 0 heterocycles. The van der Waals surface area contributed by atoms with Crippen LogP contribution in [0.25, 0.3) is 0 Å². The van der Waals surface area contributed by atoms with Crippen molar-refractivity contribution in [1.82, 2.24) is 0 Å². The van der Waals surface area contributed by atoms with Crippen molar-refractivity contribution in [3.05, 3.63) is 0 Å². The summed E-state index contributed by atoms with van der Waals surface area (Å²) in [5, 5.41) is 0. The van der Waals surface area contributed by atoms with Crippen molar-refractivity contribution in [1.29, 1.82) is 0 Å². The van der Waals surface area contributed by atoms with Crippen molar-refractivity contribution in [3.63, 3.8) is 0 Å². The van der Waals surface area contributed by atoms with Gasteiger partial charge in [0.15, 0.2) is 0 Å². The normalized spacial score (nSPS) is 43.2. The number of fused-ring (bicyclic) bond motifs is 1. The summed E-state index contributed by atoms with van der Waals surface area (Å²) in [7, 11) is 0. The van der Waals surface area contributed by atoms with Crippen LogP contribution in [0.3, 0.4) is 0 Å². The van der Waals surface area contributed by atoms with Crippen LogP contribution in [0.4, 0.5) is 0 Å². The lowest BCUT2D eigenvalue weighted by atomic mass is 10.0. The Morgan fingerprint density at radius 3 is 1.58 bits per heavy atom. The van der Waals surface area contributed by atoms with Gasteiger partial charge in [-0.15, -0.1) is 0 Å². The van der Waals surface area contributed by atoms with E-state index in [0.717, 1.165) is 11.8 Å². The Morgan fingerprint density at radius 1 is 0.667 bits per heavy atom. The minimum Gasteiger partial charge on any atom is -0.327 e. The molecule has 2 unspecified atom stereocenters. The summed E-state index contributed by atoms with van der Waals surface area (Å²) in [6.45, 7) is 0. The Hall–Kier alpha value is -0.0400. The topological polar surface area (TPSA) is 26.0 Å². The second-order valence-electron chi connectivity index (χ2n) is 4.60. The highest BCUT2D eigenvalue weighted by Crippen LogP contribution is 2.45. The van der Waals surface area contributed by atoms with Gasteiger partial charge < -0.3 is 5.73 Å². The zero-order chi connectivity index (χ0) is 8.39. The molecule has 2 aliphatic carbocycles. The molecule has 0 aromatic carbocycles. The highest BCUT2D eigenvalue weighted by Gasteiger charge is 2.45. The molecular formula is C11H21N. The van der Waals surface area contributed by atoms with Crippen molar-refractivity contribution in [3.8, 4) is 0 Å². The van der Waals surface area contributed by atoms with E-state index >= 15 is 0 Å². The molecule has 0 amide bonds. The van der Waals surface area contributed by atoms with E-state index < -0.39 is 0 Å². The van der Waals surface area contributed by atoms with Crippen LogP contribution in [-0.2, 0) is 0 Å². The lowest BCUT2D eigenvalue weighted by Gasteiger charge is -2.05. The fraction of sp³-hybridized carbons (Fsp3) is 1.00. The van der Waals surface area contributed by atoms with Crippen LogP contribution in [-0.4, -0.2) is 6.04 Å². The summed E-state index contributed by atoms with van der Waals surface area (Å²) < 4.78 is 0. The van der Waals surface area contributed by atoms with Crippen LogP contribution in [0.5, 0.6) is 0 Å². The molecule has 2 atom stereocenters. The Bertz CT molecular complexity index is 128. The number of nitrogens with two attached hydrogens (primary N) is 1. The maximum Gasteiger partial charge on any atom is 0.0102 e. The number of hydrogen-bond donors (Lipinski definition) is 1. The van der Waals surface area contributed by atoms with E-state index in [1.807, 2.05) is 0 Å². The first-order valence-electron chi connectivity index (χ1n) is 5.65. The maximum atomic E-state index is 6.01. The predicted molar refractivity (Wildman–Crippen MR) is 51.9 cm³/mol. The fourth-order valence-electron chi connectivity index (χ4n) is 2.75. The van der Waals surface area contributed by atoms with Crippen LogP contribution >= 0.6 is 0 Å². The quantitative estimate of drug-likeness (QED) is 0.590. The van der Waals surface area contributed by atoms with Crippen molar-refractivity contribution in [2.24, 2.45) is 17.6 Å². The molecule has 12 heavy (non-hydrogen) atoms. The van der Waals surface area contributed by atoms with E-state index in [1.54, 1.807) is 0 Å². The summed E-state index contributed by atoms with van der Waals surface area (Å²) in [5.74, 6) is 1.84.